The molecule has 1 amide bonds. The highest BCUT2D eigenvalue weighted by atomic mass is 32.2. The Morgan fingerprint density at radius 3 is 2.70 bits per heavy atom. The second-order valence-corrected chi connectivity index (χ2v) is 8.97. The van der Waals surface area contributed by atoms with Crippen molar-refractivity contribution in [1.82, 2.24) is 30.3 Å². The zero-order chi connectivity index (χ0) is 23.0. The summed E-state index contributed by atoms with van der Waals surface area (Å²) in [4.78, 5) is 33.1. The van der Waals surface area contributed by atoms with E-state index in [0.29, 0.717) is 23.9 Å². The molecule has 0 aliphatic carbocycles. The number of fused-ring (bicyclic) bond motifs is 2. The Labute approximate surface area is 196 Å². The first-order chi connectivity index (χ1) is 16.2. The van der Waals surface area contributed by atoms with Crippen molar-refractivity contribution in [3.8, 4) is 0 Å². The number of benzene rings is 2. The lowest BCUT2D eigenvalue weighted by Crippen LogP contribution is -2.29. The summed E-state index contributed by atoms with van der Waals surface area (Å²) in [6.45, 7) is 0.494. The number of para-hydroxylation sites is 2. The summed E-state index contributed by atoms with van der Waals surface area (Å²) < 4.78 is 1.41. The molecule has 33 heavy (non-hydrogen) atoms. The number of carbonyl (C=O) groups excluding carboxylic acids is 1. The van der Waals surface area contributed by atoms with Gasteiger partial charge >= 0.3 is 0 Å². The van der Waals surface area contributed by atoms with Crippen molar-refractivity contribution in [2.45, 2.75) is 44.7 Å². The van der Waals surface area contributed by atoms with Crippen LogP contribution in [0.25, 0.3) is 21.9 Å². The molecule has 8 nitrogen and oxygen atoms in total. The third-order valence-electron chi connectivity index (χ3n) is 5.59. The maximum Gasteiger partial charge on any atom is 0.277 e. The average Bonchev–Trinajstić information content (AvgIpc) is 3.27. The number of thioether (sulfide) groups is 1. The van der Waals surface area contributed by atoms with E-state index in [1.54, 1.807) is 23.9 Å². The van der Waals surface area contributed by atoms with E-state index >= 15 is 0 Å². The first kappa shape index (κ1) is 23.0. The molecular weight excluding hydrogens is 436 g/mol. The Morgan fingerprint density at radius 2 is 1.88 bits per heavy atom. The molecule has 1 atom stereocenters. The van der Waals surface area contributed by atoms with Gasteiger partial charge in [-0.15, -0.1) is 5.10 Å². The maximum atomic E-state index is 12.6. The van der Waals surface area contributed by atoms with Crippen LogP contribution < -0.4 is 10.9 Å². The van der Waals surface area contributed by atoms with E-state index in [1.165, 1.54) is 4.68 Å². The number of hydrogen-bond donors (Lipinski definition) is 2. The molecule has 2 aromatic heterocycles. The second kappa shape index (κ2) is 11.1. The van der Waals surface area contributed by atoms with Crippen molar-refractivity contribution >= 4 is 39.6 Å². The molecule has 2 heterocycles. The van der Waals surface area contributed by atoms with Crippen molar-refractivity contribution in [2.75, 3.05) is 12.0 Å². The Balaban J connectivity index is 1.27. The summed E-state index contributed by atoms with van der Waals surface area (Å²) in [5.41, 5.74) is 2.36. The van der Waals surface area contributed by atoms with Crippen LogP contribution in [-0.2, 0) is 11.3 Å². The van der Waals surface area contributed by atoms with Crippen molar-refractivity contribution in [3.63, 3.8) is 0 Å². The molecular formula is C24H28N6O2S. The second-order valence-electron chi connectivity index (χ2n) is 7.99. The number of unbranched alkanes of at least 4 members (excludes halogenated alkanes) is 2. The minimum Gasteiger partial charge on any atom is -0.346 e. The first-order valence-corrected chi connectivity index (χ1v) is 12.6. The summed E-state index contributed by atoms with van der Waals surface area (Å²) in [7, 11) is 0. The quantitative estimate of drug-likeness (QED) is 0.327. The fourth-order valence-corrected chi connectivity index (χ4v) is 4.28. The molecule has 0 bridgehead atoms. The fraction of sp³-hybridized carbons (Fsp3) is 0.375. The van der Waals surface area contributed by atoms with E-state index in [9.17, 15) is 9.59 Å². The molecule has 0 aliphatic rings. The van der Waals surface area contributed by atoms with E-state index in [0.717, 1.165) is 48.3 Å². The molecule has 4 aromatic rings. The van der Waals surface area contributed by atoms with Crippen LogP contribution in [0.2, 0.25) is 0 Å². The largest absolute Gasteiger partial charge is 0.346 e. The standard InChI is InChI=1S/C24H28N6O2S/c1-33-16-14-21(23-26-19-11-6-7-12-20(19)27-23)25-22(31)13-3-2-8-15-30-24(32)17-9-4-5-10-18(17)28-29-30/h4-7,9-12,21H,2-3,8,13-16H2,1H3,(H,25,31)(H,26,27)/t21-/m1/s1. The number of aryl methyl sites for hydroxylation is 1. The van der Waals surface area contributed by atoms with Crippen LogP contribution in [-0.4, -0.2) is 42.9 Å². The van der Waals surface area contributed by atoms with Gasteiger partial charge in [0.05, 0.1) is 22.5 Å². The normalized spacial score (nSPS) is 12.3. The van der Waals surface area contributed by atoms with E-state index in [2.05, 4.69) is 31.9 Å². The lowest BCUT2D eigenvalue weighted by molar-refractivity contribution is -0.122. The van der Waals surface area contributed by atoms with E-state index in [-0.39, 0.29) is 17.5 Å². The molecule has 0 spiro atoms. The Bertz CT molecular complexity index is 1250. The van der Waals surface area contributed by atoms with E-state index in [4.69, 9.17) is 0 Å². The Morgan fingerprint density at radius 1 is 1.09 bits per heavy atom. The number of aromatic nitrogens is 5. The van der Waals surface area contributed by atoms with Gasteiger partial charge in [0.15, 0.2) is 0 Å². The Hall–Kier alpha value is -3.20. The maximum absolute atomic E-state index is 12.6. The molecule has 4 rings (SSSR count). The van der Waals surface area contributed by atoms with Crippen LogP contribution in [0, 0.1) is 0 Å². The molecule has 2 aromatic carbocycles. The smallest absolute Gasteiger partial charge is 0.277 e. The zero-order valence-electron chi connectivity index (χ0n) is 18.7. The minimum absolute atomic E-state index is 0.0178. The summed E-state index contributed by atoms with van der Waals surface area (Å²) in [5, 5.41) is 11.9. The number of hydrogen-bond acceptors (Lipinski definition) is 6. The van der Waals surface area contributed by atoms with E-state index in [1.807, 2.05) is 36.4 Å². The summed E-state index contributed by atoms with van der Waals surface area (Å²) in [6, 6.07) is 15.0. The highest BCUT2D eigenvalue weighted by Gasteiger charge is 2.18. The van der Waals surface area contributed by atoms with Crippen molar-refractivity contribution < 1.29 is 4.79 Å². The summed E-state index contributed by atoms with van der Waals surface area (Å²) >= 11 is 1.75. The molecule has 0 saturated heterocycles. The van der Waals surface area contributed by atoms with Crippen LogP contribution in [0.5, 0.6) is 0 Å². The third kappa shape index (κ3) is 5.78. The third-order valence-corrected chi connectivity index (χ3v) is 6.23. The van der Waals surface area contributed by atoms with Gasteiger partial charge in [-0.3, -0.25) is 9.59 Å². The van der Waals surface area contributed by atoms with Gasteiger partial charge in [-0.1, -0.05) is 35.9 Å². The van der Waals surface area contributed by atoms with Gasteiger partial charge in [-0.25, -0.2) is 9.67 Å². The molecule has 0 saturated carbocycles. The molecule has 0 radical (unpaired) electrons. The zero-order valence-corrected chi connectivity index (χ0v) is 19.5. The molecule has 2 N–H and O–H groups in total. The number of amides is 1. The molecule has 0 unspecified atom stereocenters. The summed E-state index contributed by atoms with van der Waals surface area (Å²) in [5.74, 6) is 1.75. The minimum atomic E-state index is -0.135. The Kier molecular flexibility index (Phi) is 7.72. The molecule has 172 valence electrons. The number of imidazole rings is 1. The van der Waals surface area contributed by atoms with Gasteiger partial charge < -0.3 is 10.3 Å². The number of nitrogens with zero attached hydrogens (tertiary/aromatic N) is 4. The lowest BCUT2D eigenvalue weighted by Gasteiger charge is -2.16. The van der Waals surface area contributed by atoms with Crippen molar-refractivity contribution in [3.05, 3.63) is 64.7 Å². The van der Waals surface area contributed by atoms with Crippen LogP contribution >= 0.6 is 11.8 Å². The summed E-state index contributed by atoms with van der Waals surface area (Å²) in [6.07, 6.45) is 5.65. The van der Waals surface area contributed by atoms with Crippen molar-refractivity contribution in [1.29, 1.82) is 0 Å². The predicted molar refractivity (Wildman–Crippen MR) is 132 cm³/mol. The van der Waals surface area contributed by atoms with E-state index < -0.39 is 0 Å². The van der Waals surface area contributed by atoms with Gasteiger partial charge in [0.2, 0.25) is 5.91 Å². The highest BCUT2D eigenvalue weighted by molar-refractivity contribution is 7.98. The van der Waals surface area contributed by atoms with Crippen molar-refractivity contribution in [2.24, 2.45) is 0 Å². The van der Waals surface area contributed by atoms with Gasteiger partial charge in [-0.2, -0.15) is 11.8 Å². The molecule has 9 heteroatoms. The van der Waals surface area contributed by atoms with Crippen LogP contribution in [0.3, 0.4) is 0 Å². The monoisotopic (exact) mass is 464 g/mol. The van der Waals surface area contributed by atoms with Gasteiger partial charge in [0.1, 0.15) is 11.3 Å². The van der Waals surface area contributed by atoms with Crippen LogP contribution in [0.4, 0.5) is 0 Å². The fourth-order valence-electron chi connectivity index (χ4n) is 3.81. The van der Waals surface area contributed by atoms with Gasteiger partial charge in [-0.05, 0) is 55.5 Å². The van der Waals surface area contributed by atoms with Gasteiger partial charge in [0.25, 0.3) is 5.56 Å². The van der Waals surface area contributed by atoms with Crippen LogP contribution in [0.1, 0.15) is 44.0 Å². The SMILES string of the molecule is CSCC[C@@H](NC(=O)CCCCCn1nnc2ccccc2c1=O)c1nc2ccccc2[nH]1. The number of H-pyrrole nitrogens is 1. The van der Waals surface area contributed by atoms with Gasteiger partial charge in [0, 0.05) is 13.0 Å². The first-order valence-electron chi connectivity index (χ1n) is 11.2. The average molecular weight is 465 g/mol. The lowest BCUT2D eigenvalue weighted by atomic mass is 10.1. The number of rotatable bonds is 11. The predicted octanol–water partition coefficient (Wildman–Crippen LogP) is 3.84. The molecule has 0 fully saturated rings. The highest BCUT2D eigenvalue weighted by Crippen LogP contribution is 2.20. The number of carbonyl (C=O) groups is 1. The number of nitrogens with one attached hydrogen (secondary N) is 2. The number of aromatic amines is 1. The topological polar surface area (TPSA) is 106 Å². The molecule has 0 aliphatic heterocycles. The van der Waals surface area contributed by atoms with Crippen LogP contribution in [0.15, 0.2) is 53.3 Å².